The Morgan fingerprint density at radius 2 is 2.22 bits per heavy atom. The molecule has 0 radical (unpaired) electrons. The summed E-state index contributed by atoms with van der Waals surface area (Å²) in [6.07, 6.45) is 0. The first-order chi connectivity index (χ1) is 10.8. The van der Waals surface area contributed by atoms with Gasteiger partial charge in [0.15, 0.2) is 0 Å². The molecule has 1 heterocycles. The van der Waals surface area contributed by atoms with Crippen LogP contribution in [0, 0.1) is 17.0 Å². The van der Waals surface area contributed by atoms with Crippen molar-refractivity contribution in [2.24, 2.45) is 5.14 Å². The number of nitro groups is 1. The first kappa shape index (κ1) is 17.7. The predicted molar refractivity (Wildman–Crippen MR) is 90.5 cm³/mol. The van der Waals surface area contributed by atoms with E-state index in [0.29, 0.717) is 12.3 Å². The summed E-state index contributed by atoms with van der Waals surface area (Å²) in [7, 11) is -3.98. The van der Waals surface area contributed by atoms with Crippen LogP contribution in [0.15, 0.2) is 32.8 Å². The number of aryl methyl sites for hydroxylation is 1. The molecule has 124 valence electrons. The summed E-state index contributed by atoms with van der Waals surface area (Å²) >= 11 is 3.09. The lowest BCUT2D eigenvalue weighted by Gasteiger charge is -2.07. The molecule has 2 aromatic rings. The Morgan fingerprint density at radius 1 is 1.48 bits per heavy atom. The van der Waals surface area contributed by atoms with E-state index in [9.17, 15) is 18.5 Å². The van der Waals surface area contributed by atoms with Crippen LogP contribution in [0.25, 0.3) is 0 Å². The van der Waals surface area contributed by atoms with E-state index >= 15 is 0 Å². The second-order valence-electron chi connectivity index (χ2n) is 4.51. The van der Waals surface area contributed by atoms with Crippen LogP contribution < -0.4 is 10.5 Å². The Balaban J connectivity index is 2.03. The Bertz CT molecular complexity index is 819. The Kier molecular flexibility index (Phi) is 5.57. The summed E-state index contributed by atoms with van der Waals surface area (Å²) in [4.78, 5) is 14.4. The van der Waals surface area contributed by atoms with Gasteiger partial charge in [-0.1, -0.05) is 11.8 Å². The Labute approximate surface area is 141 Å². The Morgan fingerprint density at radius 3 is 2.78 bits per heavy atom. The van der Waals surface area contributed by atoms with Crippen molar-refractivity contribution in [2.45, 2.75) is 16.2 Å². The van der Waals surface area contributed by atoms with E-state index in [1.165, 1.54) is 12.1 Å². The average Bonchev–Trinajstić information content (AvgIpc) is 2.88. The summed E-state index contributed by atoms with van der Waals surface area (Å²) < 4.78 is 23.5. The lowest BCUT2D eigenvalue weighted by Crippen LogP contribution is -2.13. The molecular formula is C12H14N4O4S3. The van der Waals surface area contributed by atoms with Crippen LogP contribution in [0.1, 0.15) is 5.69 Å². The molecule has 1 aromatic carbocycles. The van der Waals surface area contributed by atoms with Crippen LogP contribution in [0.5, 0.6) is 0 Å². The molecule has 3 N–H and O–H groups in total. The minimum absolute atomic E-state index is 0.248. The van der Waals surface area contributed by atoms with E-state index in [1.807, 2.05) is 12.3 Å². The van der Waals surface area contributed by atoms with Crippen molar-refractivity contribution >= 4 is 44.5 Å². The van der Waals surface area contributed by atoms with Gasteiger partial charge in [0.1, 0.15) is 10.0 Å². The predicted octanol–water partition coefficient (Wildman–Crippen LogP) is 2.21. The third-order valence-electron chi connectivity index (χ3n) is 2.74. The zero-order valence-electron chi connectivity index (χ0n) is 12.1. The van der Waals surface area contributed by atoms with Crippen LogP contribution >= 0.6 is 23.1 Å². The van der Waals surface area contributed by atoms with Gasteiger partial charge in [-0.2, -0.15) is 0 Å². The minimum Gasteiger partial charge on any atom is -0.379 e. The number of rotatable bonds is 7. The van der Waals surface area contributed by atoms with Crippen LogP contribution in [-0.2, 0) is 10.0 Å². The van der Waals surface area contributed by atoms with Gasteiger partial charge >= 0.3 is 0 Å². The van der Waals surface area contributed by atoms with Gasteiger partial charge in [-0.05, 0) is 19.1 Å². The number of aromatic nitrogens is 1. The summed E-state index contributed by atoms with van der Waals surface area (Å²) in [6.45, 7) is 2.38. The first-order valence-corrected chi connectivity index (χ1v) is 9.78. The molecule has 23 heavy (non-hydrogen) atoms. The zero-order chi connectivity index (χ0) is 17.0. The molecule has 0 saturated carbocycles. The number of primary sulfonamides is 1. The summed E-state index contributed by atoms with van der Waals surface area (Å²) in [5, 5.41) is 20.9. The van der Waals surface area contributed by atoms with Crippen molar-refractivity contribution in [1.82, 2.24) is 4.98 Å². The van der Waals surface area contributed by atoms with Gasteiger partial charge in [-0.25, -0.2) is 18.5 Å². The smallest absolute Gasteiger partial charge is 0.293 e. The van der Waals surface area contributed by atoms with Gasteiger partial charge < -0.3 is 5.32 Å². The maximum Gasteiger partial charge on any atom is 0.293 e. The summed E-state index contributed by atoms with van der Waals surface area (Å²) in [5.41, 5.74) is 0.879. The van der Waals surface area contributed by atoms with E-state index in [1.54, 1.807) is 23.1 Å². The van der Waals surface area contributed by atoms with E-state index < -0.39 is 14.9 Å². The molecule has 0 bridgehead atoms. The molecular weight excluding hydrogens is 360 g/mol. The lowest BCUT2D eigenvalue weighted by molar-refractivity contribution is -0.384. The third kappa shape index (κ3) is 4.89. The molecule has 0 fully saturated rings. The molecule has 0 aliphatic rings. The molecule has 1 aromatic heterocycles. The highest BCUT2D eigenvalue weighted by atomic mass is 32.2. The first-order valence-electron chi connectivity index (χ1n) is 6.37. The Hall–Kier alpha value is -1.69. The molecule has 0 saturated heterocycles. The fraction of sp³-hybridized carbons (Fsp3) is 0.250. The number of hydrogen-bond donors (Lipinski definition) is 2. The van der Waals surface area contributed by atoms with E-state index in [-0.39, 0.29) is 16.3 Å². The van der Waals surface area contributed by atoms with Gasteiger partial charge in [-0.3, -0.25) is 10.1 Å². The van der Waals surface area contributed by atoms with Gasteiger partial charge in [0.05, 0.1) is 9.82 Å². The number of thiazole rings is 1. The highest BCUT2D eigenvalue weighted by Crippen LogP contribution is 2.27. The van der Waals surface area contributed by atoms with Crippen molar-refractivity contribution in [3.05, 3.63) is 39.4 Å². The van der Waals surface area contributed by atoms with Crippen LogP contribution in [0.4, 0.5) is 11.4 Å². The molecule has 2 rings (SSSR count). The standard InChI is InChI=1S/C12H14N4O4S3/c1-8-7-22-12(15-8)21-5-4-14-10-3-2-9(23(13,19)20)6-11(10)16(17)18/h2-3,6-7,14H,4-5H2,1H3,(H2,13,19,20). The molecule has 0 amide bonds. The molecule has 0 aliphatic heterocycles. The molecule has 0 unspecified atom stereocenters. The normalized spacial score (nSPS) is 11.4. The molecule has 11 heteroatoms. The van der Waals surface area contributed by atoms with Crippen molar-refractivity contribution in [3.8, 4) is 0 Å². The lowest BCUT2D eigenvalue weighted by atomic mass is 10.2. The number of sulfonamides is 1. The van der Waals surface area contributed by atoms with Crippen LogP contribution in [-0.4, -0.2) is 30.6 Å². The molecule has 0 atom stereocenters. The minimum atomic E-state index is -3.98. The highest BCUT2D eigenvalue weighted by Gasteiger charge is 2.18. The van der Waals surface area contributed by atoms with Crippen LogP contribution in [0.2, 0.25) is 0 Å². The van der Waals surface area contributed by atoms with Crippen LogP contribution in [0.3, 0.4) is 0 Å². The van der Waals surface area contributed by atoms with Gasteiger partial charge in [0.25, 0.3) is 5.69 Å². The SMILES string of the molecule is Cc1csc(SCCNc2ccc(S(N)(=O)=O)cc2[N+](=O)[O-])n1. The monoisotopic (exact) mass is 374 g/mol. The van der Waals surface area contributed by atoms with Crippen molar-refractivity contribution in [1.29, 1.82) is 0 Å². The fourth-order valence-electron chi connectivity index (χ4n) is 1.71. The van der Waals surface area contributed by atoms with E-state index in [2.05, 4.69) is 10.3 Å². The number of anilines is 1. The number of hydrogen-bond acceptors (Lipinski definition) is 8. The second kappa shape index (κ2) is 7.25. The quantitative estimate of drug-likeness (QED) is 0.329. The summed E-state index contributed by atoms with van der Waals surface area (Å²) in [5.74, 6) is 0.668. The largest absolute Gasteiger partial charge is 0.379 e. The summed E-state index contributed by atoms with van der Waals surface area (Å²) in [6, 6.07) is 3.53. The van der Waals surface area contributed by atoms with E-state index in [4.69, 9.17) is 5.14 Å². The number of nitrogens with zero attached hydrogens (tertiary/aromatic N) is 2. The van der Waals surface area contributed by atoms with Gasteiger partial charge in [0.2, 0.25) is 10.0 Å². The zero-order valence-corrected chi connectivity index (χ0v) is 14.5. The number of nitro benzene ring substituents is 1. The van der Waals surface area contributed by atoms with Gasteiger partial charge in [-0.15, -0.1) is 11.3 Å². The second-order valence-corrected chi connectivity index (χ2v) is 8.27. The number of thioether (sulfide) groups is 1. The van der Waals surface area contributed by atoms with Crippen molar-refractivity contribution in [2.75, 3.05) is 17.6 Å². The van der Waals surface area contributed by atoms with E-state index in [0.717, 1.165) is 16.1 Å². The molecule has 0 aliphatic carbocycles. The molecule has 8 nitrogen and oxygen atoms in total. The van der Waals surface area contributed by atoms with Crippen molar-refractivity contribution in [3.63, 3.8) is 0 Å². The van der Waals surface area contributed by atoms with Crippen molar-refractivity contribution < 1.29 is 13.3 Å². The highest BCUT2D eigenvalue weighted by molar-refractivity contribution is 8.01. The number of benzene rings is 1. The van der Waals surface area contributed by atoms with Gasteiger partial charge in [0, 0.05) is 29.4 Å². The topological polar surface area (TPSA) is 128 Å². The number of nitrogens with two attached hydrogens (primary N) is 1. The maximum atomic E-state index is 11.3. The third-order valence-corrected chi connectivity index (χ3v) is 5.79. The molecule has 0 spiro atoms. The fourth-order valence-corrected chi connectivity index (χ4v) is 4.02. The average molecular weight is 374 g/mol. The number of nitrogens with one attached hydrogen (secondary N) is 1. The maximum absolute atomic E-state index is 11.3.